The number of carbonyl (C=O) groups is 2. The third kappa shape index (κ3) is 4.00. The molecule has 1 aliphatic heterocycles. The third-order valence-corrected chi connectivity index (χ3v) is 3.43. The zero-order chi connectivity index (χ0) is 12.8. The first-order valence-corrected chi connectivity index (χ1v) is 6.38. The van der Waals surface area contributed by atoms with E-state index >= 15 is 0 Å². The highest BCUT2D eigenvalue weighted by molar-refractivity contribution is 5.87. The lowest BCUT2D eigenvalue weighted by atomic mass is 9.90. The summed E-state index contributed by atoms with van der Waals surface area (Å²) in [4.78, 5) is 24.6. The van der Waals surface area contributed by atoms with Gasteiger partial charge in [-0.15, -0.1) is 0 Å². The predicted octanol–water partition coefficient (Wildman–Crippen LogP) is 0.0984. The highest BCUT2D eigenvalue weighted by Crippen LogP contribution is 2.20. The summed E-state index contributed by atoms with van der Waals surface area (Å²) in [6.07, 6.45) is 3.10. The molecule has 2 unspecified atom stereocenters. The van der Waals surface area contributed by atoms with Crippen LogP contribution in [0.4, 0.5) is 0 Å². The monoisotopic (exact) mass is 241 g/mol. The average molecular weight is 241 g/mol. The molecule has 0 bridgehead atoms. The highest BCUT2D eigenvalue weighted by atomic mass is 16.2. The zero-order valence-electron chi connectivity index (χ0n) is 10.7. The van der Waals surface area contributed by atoms with E-state index in [4.69, 9.17) is 5.73 Å². The summed E-state index contributed by atoms with van der Waals surface area (Å²) in [6, 6.07) is -0.145. The Balaban J connectivity index is 2.57. The summed E-state index contributed by atoms with van der Waals surface area (Å²) in [7, 11) is 0. The molecule has 2 atom stereocenters. The van der Waals surface area contributed by atoms with Crippen LogP contribution in [0.5, 0.6) is 0 Å². The third-order valence-electron chi connectivity index (χ3n) is 3.43. The SMILES string of the molecule is CCC1CCNC(C(=O)N(CC)CC(N)=O)C1. The molecule has 2 amide bonds. The van der Waals surface area contributed by atoms with Gasteiger partial charge < -0.3 is 16.0 Å². The minimum absolute atomic E-state index is 0.00412. The van der Waals surface area contributed by atoms with Crippen molar-refractivity contribution in [3.8, 4) is 0 Å². The maximum Gasteiger partial charge on any atom is 0.240 e. The summed E-state index contributed by atoms with van der Waals surface area (Å²) in [6.45, 7) is 5.43. The second-order valence-corrected chi connectivity index (χ2v) is 4.62. The molecule has 1 saturated heterocycles. The molecule has 1 rings (SSSR count). The van der Waals surface area contributed by atoms with E-state index in [-0.39, 0.29) is 18.5 Å². The molecule has 0 aromatic rings. The number of nitrogens with zero attached hydrogens (tertiary/aromatic N) is 1. The molecule has 0 aromatic heterocycles. The quantitative estimate of drug-likeness (QED) is 0.716. The number of carbonyl (C=O) groups excluding carboxylic acids is 2. The van der Waals surface area contributed by atoms with Crippen LogP contribution >= 0.6 is 0 Å². The van der Waals surface area contributed by atoms with E-state index in [1.165, 1.54) is 4.90 Å². The van der Waals surface area contributed by atoms with Crippen molar-refractivity contribution in [3.05, 3.63) is 0 Å². The van der Waals surface area contributed by atoms with Crippen molar-refractivity contribution < 1.29 is 9.59 Å². The van der Waals surface area contributed by atoms with Gasteiger partial charge in [-0.1, -0.05) is 13.3 Å². The van der Waals surface area contributed by atoms with Gasteiger partial charge in [-0.05, 0) is 32.2 Å². The molecule has 0 aromatic carbocycles. The van der Waals surface area contributed by atoms with Gasteiger partial charge in [0.15, 0.2) is 0 Å². The summed E-state index contributed by atoms with van der Waals surface area (Å²) >= 11 is 0. The van der Waals surface area contributed by atoms with Crippen LogP contribution in [0.1, 0.15) is 33.1 Å². The first kappa shape index (κ1) is 14.0. The molecule has 1 aliphatic rings. The van der Waals surface area contributed by atoms with Crippen molar-refractivity contribution >= 4 is 11.8 Å². The maximum absolute atomic E-state index is 12.2. The molecule has 17 heavy (non-hydrogen) atoms. The number of piperidine rings is 1. The fraction of sp³-hybridized carbons (Fsp3) is 0.833. The van der Waals surface area contributed by atoms with Crippen LogP contribution in [0.3, 0.4) is 0 Å². The lowest BCUT2D eigenvalue weighted by molar-refractivity contribution is -0.137. The molecule has 1 heterocycles. The van der Waals surface area contributed by atoms with Crippen molar-refractivity contribution in [2.75, 3.05) is 19.6 Å². The van der Waals surface area contributed by atoms with E-state index in [1.807, 2.05) is 6.92 Å². The van der Waals surface area contributed by atoms with Crippen molar-refractivity contribution in [1.29, 1.82) is 0 Å². The molecule has 0 spiro atoms. The van der Waals surface area contributed by atoms with E-state index < -0.39 is 5.91 Å². The van der Waals surface area contributed by atoms with Crippen LogP contribution in [0.25, 0.3) is 0 Å². The summed E-state index contributed by atoms with van der Waals surface area (Å²) in [5, 5.41) is 3.23. The molecular weight excluding hydrogens is 218 g/mol. The summed E-state index contributed by atoms with van der Waals surface area (Å²) in [5.41, 5.74) is 5.14. The molecule has 0 radical (unpaired) electrons. The largest absolute Gasteiger partial charge is 0.368 e. The molecule has 98 valence electrons. The van der Waals surface area contributed by atoms with Gasteiger partial charge in [-0.25, -0.2) is 0 Å². The van der Waals surface area contributed by atoms with E-state index in [1.54, 1.807) is 0 Å². The Morgan fingerprint density at radius 1 is 1.41 bits per heavy atom. The summed E-state index contributed by atoms with van der Waals surface area (Å²) < 4.78 is 0. The smallest absolute Gasteiger partial charge is 0.240 e. The highest BCUT2D eigenvalue weighted by Gasteiger charge is 2.29. The molecule has 0 saturated carbocycles. The van der Waals surface area contributed by atoms with Crippen molar-refractivity contribution in [2.45, 2.75) is 39.2 Å². The Bertz CT molecular complexity index is 281. The molecule has 5 nitrogen and oxygen atoms in total. The normalized spacial score (nSPS) is 24.4. The van der Waals surface area contributed by atoms with Gasteiger partial charge in [0.2, 0.25) is 11.8 Å². The Hall–Kier alpha value is -1.10. The van der Waals surface area contributed by atoms with Crippen molar-refractivity contribution in [3.63, 3.8) is 0 Å². The second-order valence-electron chi connectivity index (χ2n) is 4.62. The Kier molecular flexibility index (Phi) is 5.41. The minimum atomic E-state index is -0.456. The van der Waals surface area contributed by atoms with Gasteiger partial charge in [0.25, 0.3) is 0 Å². The lowest BCUT2D eigenvalue weighted by Gasteiger charge is -2.32. The molecular formula is C12H23N3O2. The number of primary amides is 1. The average Bonchev–Trinajstić information content (AvgIpc) is 2.35. The van der Waals surface area contributed by atoms with Crippen LogP contribution in [0.2, 0.25) is 0 Å². The fourth-order valence-corrected chi connectivity index (χ4v) is 2.31. The van der Waals surface area contributed by atoms with E-state index in [9.17, 15) is 9.59 Å². The maximum atomic E-state index is 12.2. The fourth-order valence-electron chi connectivity index (χ4n) is 2.31. The number of rotatable bonds is 5. The first-order chi connectivity index (χ1) is 8.08. The number of hydrogen-bond acceptors (Lipinski definition) is 3. The van der Waals surface area contributed by atoms with E-state index in [0.29, 0.717) is 12.5 Å². The minimum Gasteiger partial charge on any atom is -0.368 e. The first-order valence-electron chi connectivity index (χ1n) is 6.38. The standard InChI is InChI=1S/C12H23N3O2/c1-3-9-5-6-14-10(7-9)12(17)15(4-2)8-11(13)16/h9-10,14H,3-8H2,1-2H3,(H2,13,16). The molecule has 3 N–H and O–H groups in total. The van der Waals surface area contributed by atoms with Gasteiger partial charge in [0, 0.05) is 6.54 Å². The van der Waals surface area contributed by atoms with E-state index in [0.717, 1.165) is 25.8 Å². The number of amides is 2. The second kappa shape index (κ2) is 6.59. The van der Waals surface area contributed by atoms with Gasteiger partial charge in [0.1, 0.15) is 0 Å². The molecule has 5 heteroatoms. The lowest BCUT2D eigenvalue weighted by Crippen LogP contribution is -2.51. The topological polar surface area (TPSA) is 75.4 Å². The Morgan fingerprint density at radius 3 is 2.65 bits per heavy atom. The summed E-state index contributed by atoms with van der Waals surface area (Å²) in [5.74, 6) is 0.157. The number of hydrogen-bond donors (Lipinski definition) is 2. The van der Waals surface area contributed by atoms with E-state index in [2.05, 4.69) is 12.2 Å². The van der Waals surface area contributed by atoms with Crippen LogP contribution in [0, 0.1) is 5.92 Å². The Morgan fingerprint density at radius 2 is 2.12 bits per heavy atom. The number of nitrogens with two attached hydrogens (primary N) is 1. The van der Waals surface area contributed by atoms with Crippen molar-refractivity contribution in [2.24, 2.45) is 11.7 Å². The van der Waals surface area contributed by atoms with Gasteiger partial charge in [-0.2, -0.15) is 0 Å². The van der Waals surface area contributed by atoms with Crippen LogP contribution in [0.15, 0.2) is 0 Å². The Labute approximate surface area is 103 Å². The van der Waals surface area contributed by atoms with Gasteiger partial charge >= 0.3 is 0 Å². The number of likely N-dealkylation sites (N-methyl/N-ethyl adjacent to an activating group) is 1. The van der Waals surface area contributed by atoms with Crippen LogP contribution < -0.4 is 11.1 Å². The van der Waals surface area contributed by atoms with Gasteiger partial charge in [-0.3, -0.25) is 9.59 Å². The van der Waals surface area contributed by atoms with Gasteiger partial charge in [0.05, 0.1) is 12.6 Å². The number of nitrogens with one attached hydrogen (secondary N) is 1. The molecule has 0 aliphatic carbocycles. The predicted molar refractivity (Wildman–Crippen MR) is 66.3 cm³/mol. The van der Waals surface area contributed by atoms with Crippen molar-refractivity contribution in [1.82, 2.24) is 10.2 Å². The van der Waals surface area contributed by atoms with Crippen LogP contribution in [-0.4, -0.2) is 42.4 Å². The zero-order valence-corrected chi connectivity index (χ0v) is 10.7. The van der Waals surface area contributed by atoms with Crippen LogP contribution in [-0.2, 0) is 9.59 Å². The molecule has 1 fully saturated rings.